The molecule has 1 aliphatic heterocycles. The van der Waals surface area contributed by atoms with Gasteiger partial charge in [-0.3, -0.25) is 9.59 Å². The summed E-state index contributed by atoms with van der Waals surface area (Å²) in [4.78, 5) is 22.6. The number of carbonyl (C=O) groups is 2. The van der Waals surface area contributed by atoms with Crippen LogP contribution in [0.1, 0.15) is 32.6 Å². The largest absolute Gasteiger partial charge is 0.469 e. The van der Waals surface area contributed by atoms with Crippen LogP contribution in [0.4, 0.5) is 0 Å². The molecule has 1 aliphatic rings. The molecule has 0 aliphatic carbocycles. The minimum absolute atomic E-state index is 0.0250. The number of hydrogen-bond donors (Lipinski definition) is 2. The minimum Gasteiger partial charge on any atom is -0.469 e. The van der Waals surface area contributed by atoms with Gasteiger partial charge in [-0.25, -0.2) is 0 Å². The van der Waals surface area contributed by atoms with Gasteiger partial charge in [0.2, 0.25) is 5.91 Å². The van der Waals surface area contributed by atoms with Crippen molar-refractivity contribution in [2.45, 2.75) is 32.6 Å². The lowest BCUT2D eigenvalue weighted by Gasteiger charge is -2.27. The van der Waals surface area contributed by atoms with Crippen molar-refractivity contribution in [2.24, 2.45) is 11.8 Å². The number of esters is 1. The number of amides is 1. The van der Waals surface area contributed by atoms with Crippen molar-refractivity contribution >= 4 is 11.9 Å². The fourth-order valence-electron chi connectivity index (χ4n) is 2.30. The number of rotatable bonds is 6. The Bertz CT molecular complexity index is 275. The Labute approximate surface area is 109 Å². The van der Waals surface area contributed by atoms with Gasteiger partial charge in [0, 0.05) is 13.0 Å². The van der Waals surface area contributed by atoms with Crippen LogP contribution in [0.15, 0.2) is 0 Å². The highest BCUT2D eigenvalue weighted by atomic mass is 16.5. The lowest BCUT2D eigenvalue weighted by atomic mass is 9.85. The number of hydrogen-bond acceptors (Lipinski definition) is 4. The summed E-state index contributed by atoms with van der Waals surface area (Å²) in [6.45, 7) is 4.59. The van der Waals surface area contributed by atoms with E-state index in [4.69, 9.17) is 0 Å². The first-order valence-electron chi connectivity index (χ1n) is 6.67. The van der Waals surface area contributed by atoms with Crippen molar-refractivity contribution in [1.82, 2.24) is 10.6 Å². The molecule has 2 N–H and O–H groups in total. The summed E-state index contributed by atoms with van der Waals surface area (Å²) in [6.07, 6.45) is 3.16. The number of piperidine rings is 1. The number of ether oxygens (including phenoxy) is 1. The lowest BCUT2D eigenvalue weighted by Crippen LogP contribution is -2.36. The molecule has 1 heterocycles. The Morgan fingerprint density at radius 1 is 1.50 bits per heavy atom. The summed E-state index contributed by atoms with van der Waals surface area (Å²) in [5, 5.41) is 6.12. The standard InChI is InChI=1S/C13H24N2O3/c1-10(11-4-3-6-14-9-11)8-12(16)15-7-5-13(17)18-2/h10-11,14H,3-9H2,1-2H3,(H,15,16). The summed E-state index contributed by atoms with van der Waals surface area (Å²) in [5.41, 5.74) is 0. The predicted octanol–water partition coefficient (Wildman–Crippen LogP) is 0.691. The Morgan fingerprint density at radius 2 is 2.28 bits per heavy atom. The van der Waals surface area contributed by atoms with Crippen LogP contribution < -0.4 is 10.6 Å². The molecule has 1 saturated heterocycles. The van der Waals surface area contributed by atoms with E-state index < -0.39 is 0 Å². The maximum atomic E-state index is 11.7. The molecular weight excluding hydrogens is 232 g/mol. The number of methoxy groups -OCH3 is 1. The third kappa shape index (κ3) is 5.49. The predicted molar refractivity (Wildman–Crippen MR) is 69.0 cm³/mol. The van der Waals surface area contributed by atoms with Crippen molar-refractivity contribution in [3.05, 3.63) is 0 Å². The molecule has 1 amide bonds. The van der Waals surface area contributed by atoms with Gasteiger partial charge < -0.3 is 15.4 Å². The first kappa shape index (κ1) is 15.0. The first-order valence-corrected chi connectivity index (χ1v) is 6.67. The summed E-state index contributed by atoms with van der Waals surface area (Å²) in [6, 6.07) is 0. The van der Waals surface area contributed by atoms with E-state index in [2.05, 4.69) is 22.3 Å². The normalized spacial score (nSPS) is 21.1. The minimum atomic E-state index is -0.292. The summed E-state index contributed by atoms with van der Waals surface area (Å²) in [7, 11) is 1.35. The quantitative estimate of drug-likeness (QED) is 0.686. The van der Waals surface area contributed by atoms with Gasteiger partial charge in [-0.2, -0.15) is 0 Å². The van der Waals surface area contributed by atoms with E-state index in [1.54, 1.807) is 0 Å². The van der Waals surface area contributed by atoms with Gasteiger partial charge in [0.15, 0.2) is 0 Å². The summed E-state index contributed by atoms with van der Waals surface area (Å²) in [5.74, 6) is 0.706. The Morgan fingerprint density at radius 3 is 2.89 bits per heavy atom. The van der Waals surface area contributed by atoms with Crippen LogP contribution in [0.2, 0.25) is 0 Å². The van der Waals surface area contributed by atoms with Crippen LogP contribution in [0.3, 0.4) is 0 Å². The van der Waals surface area contributed by atoms with E-state index in [1.165, 1.54) is 20.0 Å². The zero-order chi connectivity index (χ0) is 13.4. The van der Waals surface area contributed by atoms with Crippen LogP contribution in [-0.2, 0) is 14.3 Å². The first-order chi connectivity index (χ1) is 8.63. The fourth-order valence-corrected chi connectivity index (χ4v) is 2.30. The van der Waals surface area contributed by atoms with Gasteiger partial charge in [0.05, 0.1) is 13.5 Å². The van der Waals surface area contributed by atoms with E-state index in [1.807, 2.05) is 0 Å². The molecule has 0 aromatic rings. The lowest BCUT2D eigenvalue weighted by molar-refractivity contribution is -0.140. The van der Waals surface area contributed by atoms with Crippen LogP contribution in [0.5, 0.6) is 0 Å². The molecule has 2 atom stereocenters. The second-order valence-corrected chi connectivity index (χ2v) is 4.96. The van der Waals surface area contributed by atoms with E-state index >= 15 is 0 Å². The van der Waals surface area contributed by atoms with Gasteiger partial charge in [0.25, 0.3) is 0 Å². The molecule has 1 rings (SSSR count). The van der Waals surface area contributed by atoms with E-state index in [0.29, 0.717) is 24.8 Å². The summed E-state index contributed by atoms with van der Waals surface area (Å²) >= 11 is 0. The topological polar surface area (TPSA) is 67.4 Å². The van der Waals surface area contributed by atoms with Crippen LogP contribution in [0, 0.1) is 11.8 Å². The van der Waals surface area contributed by atoms with Gasteiger partial charge >= 0.3 is 5.97 Å². The highest BCUT2D eigenvalue weighted by Gasteiger charge is 2.21. The van der Waals surface area contributed by atoms with Crippen LogP contribution in [0.25, 0.3) is 0 Å². The molecule has 18 heavy (non-hydrogen) atoms. The Kier molecular flexibility index (Phi) is 6.72. The molecule has 0 bridgehead atoms. The van der Waals surface area contributed by atoms with E-state index in [0.717, 1.165) is 13.1 Å². The monoisotopic (exact) mass is 256 g/mol. The maximum absolute atomic E-state index is 11.7. The Balaban J connectivity index is 2.16. The number of nitrogens with one attached hydrogen (secondary N) is 2. The molecule has 2 unspecified atom stereocenters. The smallest absolute Gasteiger partial charge is 0.307 e. The molecule has 0 radical (unpaired) electrons. The highest BCUT2D eigenvalue weighted by Crippen LogP contribution is 2.22. The van der Waals surface area contributed by atoms with E-state index in [-0.39, 0.29) is 18.3 Å². The molecule has 0 spiro atoms. The molecule has 104 valence electrons. The molecule has 0 aromatic heterocycles. The fraction of sp³-hybridized carbons (Fsp3) is 0.846. The van der Waals surface area contributed by atoms with Crippen molar-refractivity contribution in [2.75, 3.05) is 26.7 Å². The average molecular weight is 256 g/mol. The van der Waals surface area contributed by atoms with Gasteiger partial charge in [0.1, 0.15) is 0 Å². The van der Waals surface area contributed by atoms with Crippen molar-refractivity contribution in [1.29, 1.82) is 0 Å². The SMILES string of the molecule is COC(=O)CCNC(=O)CC(C)C1CCCNC1. The summed E-state index contributed by atoms with van der Waals surface area (Å²) < 4.78 is 4.51. The molecule has 0 saturated carbocycles. The van der Waals surface area contributed by atoms with Crippen molar-refractivity contribution in [3.63, 3.8) is 0 Å². The van der Waals surface area contributed by atoms with E-state index in [9.17, 15) is 9.59 Å². The third-order valence-electron chi connectivity index (χ3n) is 3.53. The van der Waals surface area contributed by atoms with Gasteiger partial charge in [-0.15, -0.1) is 0 Å². The zero-order valence-corrected chi connectivity index (χ0v) is 11.3. The van der Waals surface area contributed by atoms with Crippen molar-refractivity contribution in [3.8, 4) is 0 Å². The van der Waals surface area contributed by atoms with Gasteiger partial charge in [-0.1, -0.05) is 6.92 Å². The molecular formula is C13H24N2O3. The third-order valence-corrected chi connectivity index (χ3v) is 3.53. The second kappa shape index (κ2) is 8.08. The molecule has 0 aromatic carbocycles. The zero-order valence-electron chi connectivity index (χ0n) is 11.3. The molecule has 5 nitrogen and oxygen atoms in total. The average Bonchev–Trinajstić information content (AvgIpc) is 2.39. The number of carbonyl (C=O) groups excluding carboxylic acids is 2. The highest BCUT2D eigenvalue weighted by molar-refractivity contribution is 5.77. The van der Waals surface area contributed by atoms with Crippen molar-refractivity contribution < 1.29 is 14.3 Å². The molecule has 1 fully saturated rings. The second-order valence-electron chi connectivity index (χ2n) is 4.96. The Hall–Kier alpha value is -1.10. The van der Waals surface area contributed by atoms with Gasteiger partial charge in [-0.05, 0) is 37.8 Å². The van der Waals surface area contributed by atoms with Crippen LogP contribution in [-0.4, -0.2) is 38.6 Å². The van der Waals surface area contributed by atoms with Crippen LogP contribution >= 0.6 is 0 Å². The molecule has 5 heteroatoms. The maximum Gasteiger partial charge on any atom is 0.307 e.